The summed E-state index contributed by atoms with van der Waals surface area (Å²) >= 11 is 0. The molecule has 5 nitrogen and oxygen atoms in total. The fourth-order valence-electron chi connectivity index (χ4n) is 1.75. The van der Waals surface area contributed by atoms with Crippen molar-refractivity contribution in [3.63, 3.8) is 0 Å². The minimum Gasteiger partial charge on any atom is -0.497 e. The number of hydrogen-bond donors (Lipinski definition) is 2. The average Bonchev–Trinajstić information content (AvgIpc) is 2.47. The fraction of sp³-hybridized carbons (Fsp3) is 0.467. The topological polar surface area (TPSA) is 81.4 Å². The minimum atomic E-state index is -0.0269. The molecular formula is C15H22N2O3. The lowest BCUT2D eigenvalue weighted by Gasteiger charge is -2.05. The number of ketones is 1. The number of rotatable bonds is 9. The maximum Gasteiger partial charge on any atom is 0.220 e. The summed E-state index contributed by atoms with van der Waals surface area (Å²) in [4.78, 5) is 23.3. The van der Waals surface area contributed by atoms with E-state index in [1.54, 1.807) is 31.4 Å². The number of methoxy groups -OCH3 is 1. The number of carbonyl (C=O) groups excluding carboxylic acids is 2. The van der Waals surface area contributed by atoms with Gasteiger partial charge in [-0.3, -0.25) is 9.59 Å². The number of hydrogen-bond acceptors (Lipinski definition) is 4. The Bertz CT molecular complexity index is 429. The molecule has 0 saturated carbocycles. The van der Waals surface area contributed by atoms with E-state index in [4.69, 9.17) is 10.5 Å². The number of carbonyl (C=O) groups is 2. The predicted octanol–water partition coefficient (Wildman–Crippen LogP) is 1.51. The Morgan fingerprint density at radius 1 is 1.15 bits per heavy atom. The third-order valence-electron chi connectivity index (χ3n) is 2.92. The summed E-state index contributed by atoms with van der Waals surface area (Å²) < 4.78 is 5.04. The van der Waals surface area contributed by atoms with Gasteiger partial charge in [-0.15, -0.1) is 0 Å². The molecular weight excluding hydrogens is 256 g/mol. The van der Waals surface area contributed by atoms with Gasteiger partial charge in [0.05, 0.1) is 7.11 Å². The van der Waals surface area contributed by atoms with E-state index in [-0.39, 0.29) is 11.7 Å². The van der Waals surface area contributed by atoms with Gasteiger partial charge >= 0.3 is 0 Å². The van der Waals surface area contributed by atoms with Gasteiger partial charge in [-0.2, -0.15) is 0 Å². The van der Waals surface area contributed by atoms with E-state index in [2.05, 4.69) is 5.32 Å². The van der Waals surface area contributed by atoms with Crippen molar-refractivity contribution in [1.29, 1.82) is 0 Å². The molecule has 0 unspecified atom stereocenters. The van der Waals surface area contributed by atoms with Crippen molar-refractivity contribution >= 4 is 11.7 Å². The molecule has 0 aromatic heterocycles. The van der Waals surface area contributed by atoms with Gasteiger partial charge in [0.2, 0.25) is 5.91 Å². The number of nitrogens with one attached hydrogen (secondary N) is 1. The molecule has 0 radical (unpaired) electrons. The predicted molar refractivity (Wildman–Crippen MR) is 77.9 cm³/mol. The lowest BCUT2D eigenvalue weighted by molar-refractivity contribution is -0.121. The van der Waals surface area contributed by atoms with Crippen LogP contribution in [0.3, 0.4) is 0 Å². The van der Waals surface area contributed by atoms with Crippen LogP contribution >= 0.6 is 0 Å². The first-order valence-electron chi connectivity index (χ1n) is 6.81. The van der Waals surface area contributed by atoms with Gasteiger partial charge in [0, 0.05) is 24.9 Å². The zero-order chi connectivity index (χ0) is 14.8. The summed E-state index contributed by atoms with van der Waals surface area (Å²) in [6, 6.07) is 6.99. The van der Waals surface area contributed by atoms with Crippen LogP contribution in [0.1, 0.15) is 36.0 Å². The maximum absolute atomic E-state index is 11.9. The third-order valence-corrected chi connectivity index (χ3v) is 2.92. The summed E-state index contributed by atoms with van der Waals surface area (Å²) in [5, 5.41) is 2.77. The summed E-state index contributed by atoms with van der Waals surface area (Å²) in [5.74, 6) is 0.740. The largest absolute Gasteiger partial charge is 0.497 e. The van der Waals surface area contributed by atoms with Crippen LogP contribution < -0.4 is 15.8 Å². The Balaban J connectivity index is 2.27. The van der Waals surface area contributed by atoms with Crippen molar-refractivity contribution in [2.45, 2.75) is 25.7 Å². The number of amides is 1. The molecule has 0 heterocycles. The van der Waals surface area contributed by atoms with E-state index in [0.717, 1.165) is 12.2 Å². The second-order valence-electron chi connectivity index (χ2n) is 4.50. The molecule has 1 aromatic carbocycles. The van der Waals surface area contributed by atoms with Gasteiger partial charge < -0.3 is 15.8 Å². The van der Waals surface area contributed by atoms with Crippen LogP contribution in [-0.4, -0.2) is 31.9 Å². The molecule has 0 aliphatic heterocycles. The maximum atomic E-state index is 11.9. The molecule has 0 aliphatic rings. The zero-order valence-electron chi connectivity index (χ0n) is 11.9. The molecule has 1 aromatic rings. The highest BCUT2D eigenvalue weighted by Gasteiger charge is 2.07. The van der Waals surface area contributed by atoms with Crippen molar-refractivity contribution in [2.24, 2.45) is 5.73 Å². The van der Waals surface area contributed by atoms with Crippen molar-refractivity contribution in [2.75, 3.05) is 20.2 Å². The van der Waals surface area contributed by atoms with Crippen LogP contribution in [0.5, 0.6) is 5.75 Å². The molecule has 1 amide bonds. The summed E-state index contributed by atoms with van der Waals surface area (Å²) in [7, 11) is 1.58. The molecule has 3 N–H and O–H groups in total. The minimum absolute atomic E-state index is 0.0269. The van der Waals surface area contributed by atoms with Gasteiger partial charge in [0.25, 0.3) is 0 Å². The molecule has 5 heteroatoms. The van der Waals surface area contributed by atoms with E-state index >= 15 is 0 Å². The molecule has 0 bridgehead atoms. The van der Waals surface area contributed by atoms with Crippen molar-refractivity contribution in [3.05, 3.63) is 29.8 Å². The molecule has 0 saturated heterocycles. The highest BCUT2D eigenvalue weighted by atomic mass is 16.5. The van der Waals surface area contributed by atoms with E-state index < -0.39 is 0 Å². The van der Waals surface area contributed by atoms with Crippen LogP contribution in [-0.2, 0) is 4.79 Å². The van der Waals surface area contributed by atoms with Crippen LogP contribution in [0, 0.1) is 0 Å². The van der Waals surface area contributed by atoms with E-state index in [9.17, 15) is 9.59 Å². The molecule has 0 atom stereocenters. The monoisotopic (exact) mass is 278 g/mol. The van der Waals surface area contributed by atoms with Crippen LogP contribution in [0.25, 0.3) is 0 Å². The third kappa shape index (κ3) is 5.84. The number of benzene rings is 1. The van der Waals surface area contributed by atoms with Crippen molar-refractivity contribution in [1.82, 2.24) is 5.32 Å². The summed E-state index contributed by atoms with van der Waals surface area (Å²) in [5.41, 5.74) is 5.98. The molecule has 20 heavy (non-hydrogen) atoms. The Hall–Kier alpha value is -1.88. The summed E-state index contributed by atoms with van der Waals surface area (Å²) in [6.07, 6.45) is 2.07. The number of nitrogens with two attached hydrogens (primary N) is 1. The van der Waals surface area contributed by atoms with Crippen LogP contribution in [0.15, 0.2) is 24.3 Å². The Kier molecular flexibility index (Phi) is 7.35. The standard InChI is InChI=1S/C15H22N2O3/c1-20-13-8-6-12(7-9-13)14(18)4-2-5-15(19)17-11-3-10-16/h6-9H,2-5,10-11,16H2,1H3,(H,17,19). The van der Waals surface area contributed by atoms with Gasteiger partial charge in [-0.1, -0.05) is 0 Å². The van der Waals surface area contributed by atoms with Gasteiger partial charge in [-0.25, -0.2) is 0 Å². The van der Waals surface area contributed by atoms with Crippen molar-refractivity contribution < 1.29 is 14.3 Å². The Morgan fingerprint density at radius 3 is 2.45 bits per heavy atom. The highest BCUT2D eigenvalue weighted by molar-refractivity contribution is 5.96. The lowest BCUT2D eigenvalue weighted by Crippen LogP contribution is -2.25. The average molecular weight is 278 g/mol. The van der Waals surface area contributed by atoms with E-state index in [1.807, 2.05) is 0 Å². The highest BCUT2D eigenvalue weighted by Crippen LogP contribution is 2.13. The smallest absolute Gasteiger partial charge is 0.220 e. The Morgan fingerprint density at radius 2 is 1.85 bits per heavy atom. The first-order valence-corrected chi connectivity index (χ1v) is 6.81. The zero-order valence-corrected chi connectivity index (χ0v) is 11.9. The van der Waals surface area contributed by atoms with E-state index in [0.29, 0.717) is 37.9 Å². The second-order valence-corrected chi connectivity index (χ2v) is 4.50. The molecule has 1 rings (SSSR count). The molecule has 110 valence electrons. The first kappa shape index (κ1) is 16.2. The van der Waals surface area contributed by atoms with Gasteiger partial charge in [-0.05, 0) is 43.7 Å². The molecule has 0 aliphatic carbocycles. The van der Waals surface area contributed by atoms with Crippen molar-refractivity contribution in [3.8, 4) is 5.75 Å². The van der Waals surface area contributed by atoms with Crippen LogP contribution in [0.4, 0.5) is 0 Å². The number of ether oxygens (including phenoxy) is 1. The first-order chi connectivity index (χ1) is 9.67. The molecule has 0 fully saturated rings. The normalized spacial score (nSPS) is 10.1. The van der Waals surface area contributed by atoms with E-state index in [1.165, 1.54) is 0 Å². The van der Waals surface area contributed by atoms with Gasteiger partial charge in [0.1, 0.15) is 5.75 Å². The second kappa shape index (κ2) is 9.09. The lowest BCUT2D eigenvalue weighted by atomic mass is 10.1. The molecule has 0 spiro atoms. The van der Waals surface area contributed by atoms with Crippen LogP contribution in [0.2, 0.25) is 0 Å². The Labute approximate surface area is 119 Å². The quantitative estimate of drug-likeness (QED) is 0.530. The number of Topliss-reactive ketones (excluding diaryl/α,β-unsaturated/α-hetero) is 1. The fourth-order valence-corrected chi connectivity index (χ4v) is 1.75. The SMILES string of the molecule is COc1ccc(C(=O)CCCC(=O)NCCCN)cc1. The van der Waals surface area contributed by atoms with Gasteiger partial charge in [0.15, 0.2) is 5.78 Å². The summed E-state index contributed by atoms with van der Waals surface area (Å²) in [6.45, 7) is 1.16.